The molecule has 1 aromatic rings. The molecule has 0 radical (unpaired) electrons. The van der Waals surface area contributed by atoms with Gasteiger partial charge < -0.3 is 4.18 Å². The highest BCUT2D eigenvalue weighted by Crippen LogP contribution is 2.18. The van der Waals surface area contributed by atoms with Crippen molar-refractivity contribution in [2.75, 3.05) is 5.75 Å². The SMILES string of the molecule is CCS(=O)(=O)Oc1cccc(Cl)c1. The van der Waals surface area contributed by atoms with Crippen molar-refractivity contribution < 1.29 is 12.6 Å². The maximum atomic E-state index is 11.0. The normalized spacial score (nSPS) is 11.2. The summed E-state index contributed by atoms with van der Waals surface area (Å²) in [5.41, 5.74) is 0. The quantitative estimate of drug-likeness (QED) is 0.733. The van der Waals surface area contributed by atoms with Crippen LogP contribution in [0, 0.1) is 0 Å². The van der Waals surface area contributed by atoms with E-state index in [-0.39, 0.29) is 11.5 Å². The third-order valence-corrected chi connectivity index (χ3v) is 2.76. The Labute approximate surface area is 82.4 Å². The fourth-order valence-corrected chi connectivity index (χ4v) is 1.42. The van der Waals surface area contributed by atoms with Crippen LogP contribution in [-0.2, 0) is 10.1 Å². The lowest BCUT2D eigenvalue weighted by atomic mass is 10.3. The van der Waals surface area contributed by atoms with Crippen LogP contribution in [0.4, 0.5) is 0 Å². The molecule has 0 saturated heterocycles. The molecule has 0 unspecified atom stereocenters. The van der Waals surface area contributed by atoms with Gasteiger partial charge in [0.15, 0.2) is 0 Å². The molecule has 0 fully saturated rings. The molecule has 1 rings (SSSR count). The topological polar surface area (TPSA) is 43.4 Å². The maximum absolute atomic E-state index is 11.0. The van der Waals surface area contributed by atoms with E-state index in [2.05, 4.69) is 0 Å². The highest BCUT2D eigenvalue weighted by atomic mass is 35.5. The number of halogens is 1. The summed E-state index contributed by atoms with van der Waals surface area (Å²) in [6, 6.07) is 6.27. The molecule has 0 atom stereocenters. The van der Waals surface area contributed by atoms with Crippen molar-refractivity contribution >= 4 is 21.7 Å². The van der Waals surface area contributed by atoms with E-state index in [0.29, 0.717) is 5.02 Å². The van der Waals surface area contributed by atoms with E-state index < -0.39 is 10.1 Å². The number of hydrogen-bond donors (Lipinski definition) is 0. The second-order valence-electron chi connectivity index (χ2n) is 2.39. The van der Waals surface area contributed by atoms with Gasteiger partial charge in [0.05, 0.1) is 5.75 Å². The Bertz CT molecular complexity index is 386. The summed E-state index contributed by atoms with van der Waals surface area (Å²) in [4.78, 5) is 0. The average molecular weight is 221 g/mol. The smallest absolute Gasteiger partial charge is 0.308 e. The van der Waals surface area contributed by atoms with E-state index in [9.17, 15) is 8.42 Å². The largest absolute Gasteiger partial charge is 0.382 e. The van der Waals surface area contributed by atoms with Gasteiger partial charge in [0, 0.05) is 11.1 Å². The molecular weight excluding hydrogens is 212 g/mol. The predicted molar refractivity (Wildman–Crippen MR) is 51.5 cm³/mol. The second kappa shape index (κ2) is 3.98. The minimum Gasteiger partial charge on any atom is -0.382 e. The van der Waals surface area contributed by atoms with Crippen LogP contribution in [0.1, 0.15) is 6.92 Å². The van der Waals surface area contributed by atoms with Gasteiger partial charge in [0.2, 0.25) is 0 Å². The van der Waals surface area contributed by atoms with Crippen LogP contribution < -0.4 is 4.18 Å². The first-order chi connectivity index (χ1) is 6.03. The third-order valence-electron chi connectivity index (χ3n) is 1.37. The Morgan fingerprint density at radius 3 is 2.69 bits per heavy atom. The van der Waals surface area contributed by atoms with Gasteiger partial charge >= 0.3 is 10.1 Å². The molecule has 0 amide bonds. The molecule has 72 valence electrons. The monoisotopic (exact) mass is 220 g/mol. The molecule has 0 N–H and O–H groups in total. The van der Waals surface area contributed by atoms with Gasteiger partial charge in [-0.05, 0) is 19.1 Å². The number of rotatable bonds is 3. The Morgan fingerprint density at radius 1 is 1.46 bits per heavy atom. The van der Waals surface area contributed by atoms with E-state index >= 15 is 0 Å². The summed E-state index contributed by atoms with van der Waals surface area (Å²) < 4.78 is 26.7. The second-order valence-corrected chi connectivity index (χ2v) is 4.68. The zero-order valence-corrected chi connectivity index (χ0v) is 8.60. The van der Waals surface area contributed by atoms with Crippen molar-refractivity contribution in [2.45, 2.75) is 6.92 Å². The molecule has 13 heavy (non-hydrogen) atoms. The van der Waals surface area contributed by atoms with Gasteiger partial charge in [-0.15, -0.1) is 0 Å². The van der Waals surface area contributed by atoms with Crippen molar-refractivity contribution in [3.05, 3.63) is 29.3 Å². The molecule has 5 heteroatoms. The van der Waals surface area contributed by atoms with Gasteiger partial charge in [-0.25, -0.2) is 0 Å². The Balaban J connectivity index is 2.87. The average Bonchev–Trinajstić information content (AvgIpc) is 2.03. The summed E-state index contributed by atoms with van der Waals surface area (Å²) in [7, 11) is -3.45. The van der Waals surface area contributed by atoms with Crippen LogP contribution in [-0.4, -0.2) is 14.2 Å². The minimum atomic E-state index is -3.45. The fraction of sp³-hybridized carbons (Fsp3) is 0.250. The lowest BCUT2D eigenvalue weighted by Gasteiger charge is -2.03. The van der Waals surface area contributed by atoms with Gasteiger partial charge in [-0.3, -0.25) is 0 Å². The Morgan fingerprint density at radius 2 is 2.15 bits per heavy atom. The third kappa shape index (κ3) is 3.24. The van der Waals surface area contributed by atoms with Gasteiger partial charge in [-0.1, -0.05) is 17.7 Å². The predicted octanol–water partition coefficient (Wildman–Crippen LogP) is 2.07. The zero-order valence-electron chi connectivity index (χ0n) is 7.03. The summed E-state index contributed by atoms with van der Waals surface area (Å²) >= 11 is 5.64. The van der Waals surface area contributed by atoms with Gasteiger partial charge in [0.1, 0.15) is 5.75 Å². The molecule has 1 aromatic carbocycles. The first-order valence-electron chi connectivity index (χ1n) is 3.71. The molecule has 0 aromatic heterocycles. The molecule has 0 aliphatic rings. The summed E-state index contributed by atoms with van der Waals surface area (Å²) in [6.07, 6.45) is 0. The van der Waals surface area contributed by atoms with E-state index in [0.717, 1.165) is 0 Å². The van der Waals surface area contributed by atoms with Crippen LogP contribution in [0.3, 0.4) is 0 Å². The first-order valence-corrected chi connectivity index (χ1v) is 5.67. The van der Waals surface area contributed by atoms with Crippen molar-refractivity contribution in [2.24, 2.45) is 0 Å². The molecule has 0 heterocycles. The molecule has 0 aliphatic carbocycles. The molecule has 0 bridgehead atoms. The number of hydrogen-bond acceptors (Lipinski definition) is 3. The zero-order chi connectivity index (χ0) is 9.90. The van der Waals surface area contributed by atoms with E-state index in [1.165, 1.54) is 13.0 Å². The van der Waals surface area contributed by atoms with Crippen molar-refractivity contribution in [3.63, 3.8) is 0 Å². The summed E-state index contributed by atoms with van der Waals surface area (Å²) in [6.45, 7) is 1.51. The number of benzene rings is 1. The molecule has 3 nitrogen and oxygen atoms in total. The van der Waals surface area contributed by atoms with Gasteiger partial charge in [0.25, 0.3) is 0 Å². The Hall–Kier alpha value is -0.740. The van der Waals surface area contributed by atoms with E-state index in [4.69, 9.17) is 15.8 Å². The molecule has 0 aliphatic heterocycles. The summed E-state index contributed by atoms with van der Waals surface area (Å²) in [5.74, 6) is 0.189. The van der Waals surface area contributed by atoms with Crippen LogP contribution in [0.25, 0.3) is 0 Å². The maximum Gasteiger partial charge on any atom is 0.308 e. The van der Waals surface area contributed by atoms with Crippen LogP contribution in [0.5, 0.6) is 5.75 Å². The van der Waals surface area contributed by atoms with E-state index in [1.54, 1.807) is 18.2 Å². The minimum absolute atomic E-state index is 0.0560. The first kappa shape index (κ1) is 10.3. The molecule has 0 spiro atoms. The van der Waals surface area contributed by atoms with Crippen molar-refractivity contribution in [3.8, 4) is 5.75 Å². The fourth-order valence-electron chi connectivity index (χ4n) is 0.724. The van der Waals surface area contributed by atoms with Crippen molar-refractivity contribution in [1.82, 2.24) is 0 Å². The lowest BCUT2D eigenvalue weighted by molar-refractivity contribution is 0.487. The highest BCUT2D eigenvalue weighted by Gasteiger charge is 2.08. The molecule has 0 saturated carbocycles. The highest BCUT2D eigenvalue weighted by molar-refractivity contribution is 7.87. The van der Waals surface area contributed by atoms with Crippen LogP contribution >= 0.6 is 11.6 Å². The van der Waals surface area contributed by atoms with Crippen LogP contribution in [0.15, 0.2) is 24.3 Å². The molecular formula is C8H9ClO3S. The Kier molecular flexibility index (Phi) is 3.17. The van der Waals surface area contributed by atoms with E-state index in [1.807, 2.05) is 0 Å². The lowest BCUT2D eigenvalue weighted by Crippen LogP contribution is -2.11. The summed E-state index contributed by atoms with van der Waals surface area (Å²) in [5, 5.41) is 0.448. The standard InChI is InChI=1S/C8H9ClO3S/c1-2-13(10,11)12-8-5-3-4-7(9)6-8/h3-6H,2H2,1H3. The van der Waals surface area contributed by atoms with Gasteiger partial charge in [-0.2, -0.15) is 8.42 Å². The van der Waals surface area contributed by atoms with Crippen LogP contribution in [0.2, 0.25) is 5.02 Å². The van der Waals surface area contributed by atoms with Crippen molar-refractivity contribution in [1.29, 1.82) is 0 Å².